The van der Waals surface area contributed by atoms with E-state index in [4.69, 9.17) is 0 Å². The number of β-amino-alcohol motifs (C(OH)–C–C–N with tert-alkyl or cyclic N) is 1. The van der Waals surface area contributed by atoms with Crippen molar-refractivity contribution >= 4 is 15.9 Å². The Morgan fingerprint density at radius 3 is 2.73 bits per heavy atom. The van der Waals surface area contributed by atoms with Gasteiger partial charge in [0.05, 0.1) is 10.5 Å². The van der Waals surface area contributed by atoms with E-state index in [9.17, 15) is 18.3 Å². The molecule has 2 aliphatic rings. The second-order valence-electron chi connectivity index (χ2n) is 7.68. The van der Waals surface area contributed by atoms with Crippen LogP contribution in [0.5, 0.6) is 0 Å². The van der Waals surface area contributed by atoms with Gasteiger partial charge in [-0.2, -0.15) is 4.31 Å². The molecule has 26 heavy (non-hydrogen) atoms. The van der Waals surface area contributed by atoms with Gasteiger partial charge in [-0.3, -0.25) is 4.79 Å². The SMILES string of the molecule is CN(C)C[C@]1(O)CCN(S(=O)(=O)c2cccc(C(=O)NC3CCC3)c2)C1. The van der Waals surface area contributed by atoms with Gasteiger partial charge in [0.1, 0.15) is 0 Å². The van der Waals surface area contributed by atoms with Crippen molar-refractivity contribution in [2.24, 2.45) is 0 Å². The van der Waals surface area contributed by atoms with E-state index in [0.717, 1.165) is 19.3 Å². The molecule has 1 aromatic rings. The molecule has 0 radical (unpaired) electrons. The fourth-order valence-corrected chi connectivity index (χ4v) is 5.08. The number of aliphatic hydroxyl groups is 1. The number of carbonyl (C=O) groups is 1. The van der Waals surface area contributed by atoms with Gasteiger partial charge in [0.15, 0.2) is 0 Å². The lowest BCUT2D eigenvalue weighted by molar-refractivity contribution is 0.0302. The number of nitrogens with one attached hydrogen (secondary N) is 1. The summed E-state index contributed by atoms with van der Waals surface area (Å²) in [5.41, 5.74) is -0.698. The molecule has 0 bridgehead atoms. The van der Waals surface area contributed by atoms with Crippen LogP contribution in [0.1, 0.15) is 36.0 Å². The lowest BCUT2D eigenvalue weighted by Crippen LogP contribution is -2.43. The molecule has 2 fully saturated rings. The minimum atomic E-state index is -3.75. The molecule has 1 saturated carbocycles. The number of hydrogen-bond acceptors (Lipinski definition) is 5. The van der Waals surface area contributed by atoms with E-state index in [-0.39, 0.29) is 29.9 Å². The molecular formula is C18H27N3O4S. The minimum Gasteiger partial charge on any atom is -0.387 e. The number of benzene rings is 1. The average Bonchev–Trinajstić information content (AvgIpc) is 2.92. The number of sulfonamides is 1. The van der Waals surface area contributed by atoms with Crippen molar-refractivity contribution in [3.63, 3.8) is 0 Å². The number of rotatable bonds is 6. The summed E-state index contributed by atoms with van der Waals surface area (Å²) in [6.07, 6.45) is 3.46. The smallest absolute Gasteiger partial charge is 0.251 e. The summed E-state index contributed by atoms with van der Waals surface area (Å²) in [4.78, 5) is 14.2. The van der Waals surface area contributed by atoms with Crippen molar-refractivity contribution in [3.8, 4) is 0 Å². The monoisotopic (exact) mass is 381 g/mol. The van der Waals surface area contributed by atoms with Crippen molar-refractivity contribution in [3.05, 3.63) is 29.8 Å². The molecule has 1 aromatic carbocycles. The van der Waals surface area contributed by atoms with Crippen LogP contribution in [0.3, 0.4) is 0 Å². The van der Waals surface area contributed by atoms with E-state index in [0.29, 0.717) is 18.5 Å². The molecule has 1 saturated heterocycles. The van der Waals surface area contributed by atoms with Gasteiger partial charge in [0.25, 0.3) is 5.91 Å². The highest BCUT2D eigenvalue weighted by atomic mass is 32.2. The van der Waals surface area contributed by atoms with Gasteiger partial charge in [-0.05, 0) is 58.0 Å². The Labute approximate surface area is 155 Å². The number of hydrogen-bond donors (Lipinski definition) is 2. The molecule has 1 amide bonds. The highest BCUT2D eigenvalue weighted by molar-refractivity contribution is 7.89. The zero-order valence-electron chi connectivity index (χ0n) is 15.3. The summed E-state index contributed by atoms with van der Waals surface area (Å²) < 4.78 is 27.2. The van der Waals surface area contributed by atoms with Crippen LogP contribution < -0.4 is 5.32 Å². The van der Waals surface area contributed by atoms with Crippen LogP contribution in [0, 0.1) is 0 Å². The third-order valence-electron chi connectivity index (χ3n) is 5.08. The molecule has 7 nitrogen and oxygen atoms in total. The Morgan fingerprint density at radius 2 is 2.12 bits per heavy atom. The number of nitrogens with zero attached hydrogens (tertiary/aromatic N) is 2. The van der Waals surface area contributed by atoms with Crippen molar-refractivity contribution in [2.75, 3.05) is 33.7 Å². The second-order valence-corrected chi connectivity index (χ2v) is 9.62. The highest BCUT2D eigenvalue weighted by Gasteiger charge is 2.42. The molecule has 1 aliphatic heterocycles. The van der Waals surface area contributed by atoms with E-state index < -0.39 is 15.6 Å². The maximum atomic E-state index is 12.9. The van der Waals surface area contributed by atoms with Crippen molar-refractivity contribution in [2.45, 2.75) is 42.2 Å². The van der Waals surface area contributed by atoms with Crippen molar-refractivity contribution in [1.82, 2.24) is 14.5 Å². The molecule has 144 valence electrons. The molecule has 0 spiro atoms. The van der Waals surface area contributed by atoms with Crippen LogP contribution in [0.4, 0.5) is 0 Å². The Morgan fingerprint density at radius 1 is 1.38 bits per heavy atom. The topological polar surface area (TPSA) is 90.0 Å². The molecule has 3 rings (SSSR count). The first kappa shape index (κ1) is 19.3. The lowest BCUT2D eigenvalue weighted by atomic mass is 9.93. The highest BCUT2D eigenvalue weighted by Crippen LogP contribution is 2.28. The standard InChI is InChI=1S/C18H27N3O4S/c1-20(2)12-18(23)9-10-21(13-18)26(24,25)16-8-3-5-14(11-16)17(22)19-15-6-4-7-15/h3,5,8,11,15,23H,4,6-7,9-10,12-13H2,1-2H3,(H,19,22)/t18-/m1/s1. The predicted molar refractivity (Wildman–Crippen MR) is 98.4 cm³/mol. The first-order chi connectivity index (χ1) is 12.2. The van der Waals surface area contributed by atoms with Gasteiger partial charge in [0, 0.05) is 31.2 Å². The molecule has 0 unspecified atom stereocenters. The normalized spacial score (nSPS) is 24.6. The third kappa shape index (κ3) is 4.09. The third-order valence-corrected chi connectivity index (χ3v) is 6.92. The maximum Gasteiger partial charge on any atom is 0.251 e. The Bertz CT molecular complexity index is 776. The largest absolute Gasteiger partial charge is 0.387 e. The van der Waals surface area contributed by atoms with Gasteiger partial charge in [-0.25, -0.2) is 8.42 Å². The molecule has 2 N–H and O–H groups in total. The molecule has 8 heteroatoms. The molecule has 1 aliphatic carbocycles. The van der Waals surface area contributed by atoms with Crippen LogP contribution in [-0.4, -0.2) is 74.0 Å². The molecule has 1 heterocycles. The average molecular weight is 381 g/mol. The van der Waals surface area contributed by atoms with Crippen LogP contribution in [0.2, 0.25) is 0 Å². The lowest BCUT2D eigenvalue weighted by Gasteiger charge is -2.27. The van der Waals surface area contributed by atoms with Crippen LogP contribution >= 0.6 is 0 Å². The maximum absolute atomic E-state index is 12.9. The summed E-state index contributed by atoms with van der Waals surface area (Å²) in [6.45, 7) is 0.736. The van der Waals surface area contributed by atoms with Crippen molar-refractivity contribution in [1.29, 1.82) is 0 Å². The van der Waals surface area contributed by atoms with Gasteiger partial charge in [-0.15, -0.1) is 0 Å². The van der Waals surface area contributed by atoms with Gasteiger partial charge >= 0.3 is 0 Å². The van der Waals surface area contributed by atoms with Gasteiger partial charge < -0.3 is 15.3 Å². The first-order valence-corrected chi connectivity index (χ1v) is 10.4. The Balaban J connectivity index is 1.75. The number of carbonyl (C=O) groups excluding carboxylic acids is 1. The Kier molecular flexibility index (Phi) is 5.39. The summed E-state index contributed by atoms with van der Waals surface area (Å²) in [5, 5.41) is 13.5. The molecule has 0 aromatic heterocycles. The van der Waals surface area contributed by atoms with E-state index in [2.05, 4.69) is 5.32 Å². The Hall–Kier alpha value is -1.48. The van der Waals surface area contributed by atoms with Gasteiger partial charge in [0.2, 0.25) is 10.0 Å². The summed E-state index contributed by atoms with van der Waals surface area (Å²) in [7, 11) is -0.0537. The zero-order chi connectivity index (χ0) is 18.9. The van der Waals surface area contributed by atoms with Crippen LogP contribution in [0.25, 0.3) is 0 Å². The number of amides is 1. The fraction of sp³-hybridized carbons (Fsp3) is 0.611. The van der Waals surface area contributed by atoms with Crippen LogP contribution in [-0.2, 0) is 10.0 Å². The summed E-state index contributed by atoms with van der Waals surface area (Å²) >= 11 is 0. The summed E-state index contributed by atoms with van der Waals surface area (Å²) in [6, 6.07) is 6.33. The second kappa shape index (κ2) is 7.26. The van der Waals surface area contributed by atoms with Crippen molar-refractivity contribution < 1.29 is 18.3 Å². The molecule has 1 atom stereocenters. The quantitative estimate of drug-likeness (QED) is 0.755. The van der Waals surface area contributed by atoms with E-state index in [1.54, 1.807) is 12.1 Å². The van der Waals surface area contributed by atoms with E-state index in [1.807, 2.05) is 19.0 Å². The first-order valence-electron chi connectivity index (χ1n) is 8.98. The number of likely N-dealkylation sites (N-methyl/N-ethyl adjacent to an activating group) is 1. The fourth-order valence-electron chi connectivity index (χ4n) is 3.51. The van der Waals surface area contributed by atoms with Gasteiger partial charge in [-0.1, -0.05) is 6.07 Å². The van der Waals surface area contributed by atoms with E-state index >= 15 is 0 Å². The molecular weight excluding hydrogens is 354 g/mol. The minimum absolute atomic E-state index is 0.0615. The summed E-state index contributed by atoms with van der Waals surface area (Å²) in [5.74, 6) is -0.239. The van der Waals surface area contributed by atoms with E-state index in [1.165, 1.54) is 16.4 Å². The predicted octanol–water partition coefficient (Wildman–Crippen LogP) is 0.656. The van der Waals surface area contributed by atoms with Crippen LogP contribution in [0.15, 0.2) is 29.2 Å². The zero-order valence-corrected chi connectivity index (χ0v) is 16.1.